The van der Waals surface area contributed by atoms with Crippen molar-refractivity contribution in [3.63, 3.8) is 0 Å². The Labute approximate surface area is 214 Å². The van der Waals surface area contributed by atoms with Crippen molar-refractivity contribution >= 4 is 28.7 Å². The van der Waals surface area contributed by atoms with E-state index < -0.39 is 11.1 Å². The zero-order valence-electron chi connectivity index (χ0n) is 20.7. The largest absolute Gasteiger partial charge is 0.335 e. The van der Waals surface area contributed by atoms with E-state index in [4.69, 9.17) is 21.6 Å². The first kappa shape index (κ1) is 23.6. The molecule has 2 bridgehead atoms. The van der Waals surface area contributed by atoms with Gasteiger partial charge in [0.15, 0.2) is 5.65 Å². The molecular formula is C25H31ClN8O2. The number of rotatable bonds is 4. The zero-order valence-corrected chi connectivity index (χ0v) is 21.4. The number of anilines is 1. The Morgan fingerprint density at radius 1 is 0.889 bits per heavy atom. The van der Waals surface area contributed by atoms with E-state index in [1.807, 2.05) is 12.4 Å². The third-order valence-corrected chi connectivity index (χ3v) is 8.31. The van der Waals surface area contributed by atoms with Gasteiger partial charge in [0.2, 0.25) is 5.95 Å². The minimum absolute atomic E-state index is 0.104. The molecule has 0 saturated carbocycles. The second kappa shape index (κ2) is 9.24. The second-order valence-corrected chi connectivity index (χ2v) is 10.9. The van der Waals surface area contributed by atoms with Gasteiger partial charge < -0.3 is 14.4 Å². The Morgan fingerprint density at radius 3 is 2.22 bits per heavy atom. The molecule has 0 amide bonds. The minimum atomic E-state index is -0.555. The average Bonchev–Trinajstić information content (AvgIpc) is 3.14. The molecule has 3 aromatic rings. The Kier molecular flexibility index (Phi) is 6.05. The van der Waals surface area contributed by atoms with Gasteiger partial charge in [-0.05, 0) is 38.8 Å². The lowest BCUT2D eigenvalue weighted by Gasteiger charge is -2.39. The molecule has 3 aromatic heterocycles. The van der Waals surface area contributed by atoms with Crippen LogP contribution in [0.5, 0.6) is 0 Å². The van der Waals surface area contributed by atoms with Gasteiger partial charge in [-0.3, -0.25) is 19.1 Å². The summed E-state index contributed by atoms with van der Waals surface area (Å²) in [5.74, 6) is 0.758. The number of likely N-dealkylation sites (N-methyl/N-ethyl adjacent to an activating group) is 1. The van der Waals surface area contributed by atoms with Crippen LogP contribution in [-0.2, 0) is 13.6 Å². The summed E-state index contributed by atoms with van der Waals surface area (Å²) >= 11 is 6.15. The van der Waals surface area contributed by atoms with Gasteiger partial charge in [-0.25, -0.2) is 15.0 Å². The van der Waals surface area contributed by atoms with Crippen molar-refractivity contribution < 1.29 is 0 Å². The van der Waals surface area contributed by atoms with Gasteiger partial charge in [0.05, 0.1) is 10.5 Å². The maximum Gasteiger partial charge on any atom is 0.318 e. The summed E-state index contributed by atoms with van der Waals surface area (Å²) in [6.45, 7) is 5.18. The van der Waals surface area contributed by atoms with Crippen molar-refractivity contribution in [1.82, 2.24) is 33.9 Å². The predicted octanol–water partition coefficient (Wildman–Crippen LogP) is 1.66. The van der Waals surface area contributed by atoms with E-state index in [1.54, 1.807) is 17.7 Å². The Morgan fingerprint density at radius 2 is 1.56 bits per heavy atom. The fraction of sp³-hybridized carbons (Fsp3) is 0.560. The highest BCUT2D eigenvalue weighted by atomic mass is 35.5. The summed E-state index contributed by atoms with van der Waals surface area (Å²) in [5, 5.41) is 0.436. The number of piperidine rings is 1. The molecule has 1 unspecified atom stereocenters. The average molecular weight is 511 g/mol. The highest BCUT2D eigenvalue weighted by Gasteiger charge is 2.43. The molecule has 0 aliphatic carbocycles. The topological polar surface area (TPSA) is 92.4 Å². The van der Waals surface area contributed by atoms with Crippen LogP contribution in [0.3, 0.4) is 0 Å². The first-order chi connectivity index (χ1) is 17.4. The van der Waals surface area contributed by atoms with Gasteiger partial charge >= 0.3 is 11.1 Å². The van der Waals surface area contributed by atoms with E-state index >= 15 is 0 Å². The van der Waals surface area contributed by atoms with Crippen LogP contribution in [0.25, 0.3) is 11.2 Å². The highest BCUT2D eigenvalue weighted by Crippen LogP contribution is 2.42. The molecule has 190 valence electrons. The number of aryl methyl sites for hydroxylation is 1. The molecule has 0 radical (unpaired) electrons. The molecule has 3 aliphatic rings. The SMILES string of the molecule is CN1CCN(Cc2cnc(N3[C@@H]4CC[C@H]3CC(n3c(=O)c(=O)n(C)c5cc(Cl)cnc53)C4)nc2)CC1. The van der Waals surface area contributed by atoms with Crippen LogP contribution in [0.1, 0.15) is 37.3 Å². The summed E-state index contributed by atoms with van der Waals surface area (Å²) in [6, 6.07) is 2.03. The number of halogens is 1. The Hall–Kier alpha value is -2.82. The molecule has 11 heteroatoms. The van der Waals surface area contributed by atoms with E-state index in [9.17, 15) is 9.59 Å². The fourth-order valence-electron chi connectivity index (χ4n) is 6.16. The normalized spacial score (nSPS) is 25.1. The van der Waals surface area contributed by atoms with Crippen LogP contribution < -0.4 is 16.0 Å². The fourth-order valence-corrected chi connectivity index (χ4v) is 6.31. The molecule has 3 atom stereocenters. The first-order valence-electron chi connectivity index (χ1n) is 12.7. The predicted molar refractivity (Wildman–Crippen MR) is 139 cm³/mol. The van der Waals surface area contributed by atoms with Crippen LogP contribution in [-0.4, -0.2) is 79.2 Å². The van der Waals surface area contributed by atoms with Gasteiger partial charge in [-0.15, -0.1) is 0 Å². The number of nitrogens with zero attached hydrogens (tertiary/aromatic N) is 8. The molecular weight excluding hydrogens is 480 g/mol. The van der Waals surface area contributed by atoms with Gasteiger partial charge in [0, 0.05) is 82.1 Å². The second-order valence-electron chi connectivity index (χ2n) is 10.4. The van der Waals surface area contributed by atoms with E-state index in [0.717, 1.165) is 69.9 Å². The number of piperazine rings is 1. The highest BCUT2D eigenvalue weighted by molar-refractivity contribution is 6.31. The standard InChI is InChI=1S/C25H31ClN8O2/c1-30-5-7-32(8-6-30)15-16-12-28-25(29-13-16)33-18-3-4-19(33)11-20(10-18)34-22-21(9-17(26)14-27-22)31(2)23(35)24(34)36/h9,12-14,18-20H,3-8,10-11,15H2,1-2H3/t18-,19+,20?. The molecule has 36 heavy (non-hydrogen) atoms. The smallest absolute Gasteiger partial charge is 0.318 e. The quantitative estimate of drug-likeness (QED) is 0.489. The van der Waals surface area contributed by atoms with Crippen molar-refractivity contribution in [3.8, 4) is 0 Å². The summed E-state index contributed by atoms with van der Waals surface area (Å²) in [4.78, 5) is 46.9. The Balaban J connectivity index is 1.23. The van der Waals surface area contributed by atoms with Crippen LogP contribution >= 0.6 is 11.6 Å². The molecule has 0 spiro atoms. The van der Waals surface area contributed by atoms with Crippen molar-refractivity contribution in [2.24, 2.45) is 7.05 Å². The zero-order chi connectivity index (χ0) is 25.0. The maximum atomic E-state index is 13.1. The van der Waals surface area contributed by atoms with E-state index in [0.29, 0.717) is 16.2 Å². The van der Waals surface area contributed by atoms with E-state index in [2.05, 4.69) is 26.7 Å². The number of hydrogen-bond acceptors (Lipinski definition) is 8. The van der Waals surface area contributed by atoms with Gasteiger partial charge in [-0.2, -0.15) is 0 Å². The van der Waals surface area contributed by atoms with Gasteiger partial charge in [-0.1, -0.05) is 11.6 Å². The van der Waals surface area contributed by atoms with Crippen LogP contribution in [0, 0.1) is 0 Å². The molecule has 3 aliphatic heterocycles. The van der Waals surface area contributed by atoms with Crippen LogP contribution in [0.4, 0.5) is 5.95 Å². The van der Waals surface area contributed by atoms with Crippen LogP contribution in [0.15, 0.2) is 34.2 Å². The lowest BCUT2D eigenvalue weighted by atomic mass is 9.97. The molecule has 6 heterocycles. The number of fused-ring (bicyclic) bond motifs is 3. The molecule has 10 nitrogen and oxygen atoms in total. The molecule has 3 fully saturated rings. The first-order valence-corrected chi connectivity index (χ1v) is 13.0. The van der Waals surface area contributed by atoms with Crippen LogP contribution in [0.2, 0.25) is 5.02 Å². The van der Waals surface area contributed by atoms with Crippen molar-refractivity contribution in [2.45, 2.75) is 50.4 Å². The van der Waals surface area contributed by atoms with E-state index in [-0.39, 0.29) is 18.1 Å². The van der Waals surface area contributed by atoms with E-state index in [1.165, 1.54) is 10.8 Å². The van der Waals surface area contributed by atoms with Gasteiger partial charge in [0.1, 0.15) is 0 Å². The monoisotopic (exact) mass is 510 g/mol. The molecule has 0 N–H and O–H groups in total. The number of hydrogen-bond donors (Lipinski definition) is 0. The lowest BCUT2D eigenvalue weighted by molar-refractivity contribution is 0.148. The van der Waals surface area contributed by atoms with Crippen molar-refractivity contribution in [3.05, 3.63) is 56.0 Å². The Bertz CT molecular complexity index is 1380. The lowest BCUT2D eigenvalue weighted by Crippen LogP contribution is -2.49. The summed E-state index contributed by atoms with van der Waals surface area (Å²) in [5.41, 5.74) is 1.13. The summed E-state index contributed by atoms with van der Waals surface area (Å²) in [7, 11) is 3.75. The third kappa shape index (κ3) is 4.10. The molecule has 0 aromatic carbocycles. The summed E-state index contributed by atoms with van der Waals surface area (Å²) < 4.78 is 2.95. The van der Waals surface area contributed by atoms with Gasteiger partial charge in [0.25, 0.3) is 0 Å². The van der Waals surface area contributed by atoms with Crippen molar-refractivity contribution in [1.29, 1.82) is 0 Å². The van der Waals surface area contributed by atoms with Crippen molar-refractivity contribution in [2.75, 3.05) is 38.1 Å². The maximum absolute atomic E-state index is 13.1. The molecule has 6 rings (SSSR count). The number of pyridine rings is 1. The number of aromatic nitrogens is 5. The minimum Gasteiger partial charge on any atom is -0.335 e. The summed E-state index contributed by atoms with van der Waals surface area (Å²) in [6.07, 6.45) is 8.97. The molecule has 3 saturated heterocycles. The third-order valence-electron chi connectivity index (χ3n) is 8.11.